The van der Waals surface area contributed by atoms with Crippen molar-refractivity contribution in [3.8, 4) is 11.5 Å². The summed E-state index contributed by atoms with van der Waals surface area (Å²) in [6, 6.07) is 11.6. The molecule has 0 fully saturated rings. The molecular formula is C15H11FO2S. The van der Waals surface area contributed by atoms with Crippen LogP contribution in [0.4, 0.5) is 4.39 Å². The van der Waals surface area contributed by atoms with Gasteiger partial charge in [0.15, 0.2) is 0 Å². The average Bonchev–Trinajstić information content (AvgIpc) is 2.81. The molecule has 0 aliphatic heterocycles. The molecule has 1 N–H and O–H groups in total. The van der Waals surface area contributed by atoms with Crippen molar-refractivity contribution in [1.29, 1.82) is 0 Å². The molecule has 96 valence electrons. The molecule has 0 aliphatic rings. The van der Waals surface area contributed by atoms with E-state index >= 15 is 0 Å². The van der Waals surface area contributed by atoms with Crippen LogP contribution in [0.5, 0.6) is 11.5 Å². The molecule has 2 nitrogen and oxygen atoms in total. The van der Waals surface area contributed by atoms with Crippen molar-refractivity contribution in [2.75, 3.05) is 0 Å². The zero-order chi connectivity index (χ0) is 13.2. The standard InChI is InChI=1S/C15H11FO2S/c16-13-5-2-6-14-15(13)10(9-19-14)8-18-12-4-1-3-11(17)7-12/h1-7,9,17H,8H2. The van der Waals surface area contributed by atoms with E-state index in [0.717, 1.165) is 10.3 Å². The van der Waals surface area contributed by atoms with Gasteiger partial charge >= 0.3 is 0 Å². The van der Waals surface area contributed by atoms with Crippen molar-refractivity contribution in [2.45, 2.75) is 6.61 Å². The van der Waals surface area contributed by atoms with Crippen molar-refractivity contribution in [3.05, 3.63) is 59.2 Å². The molecule has 3 rings (SSSR count). The van der Waals surface area contributed by atoms with Crippen LogP contribution in [0.15, 0.2) is 47.8 Å². The van der Waals surface area contributed by atoms with Crippen LogP contribution in [0.25, 0.3) is 10.1 Å². The summed E-state index contributed by atoms with van der Waals surface area (Å²) >= 11 is 1.50. The minimum atomic E-state index is -0.228. The lowest BCUT2D eigenvalue weighted by molar-refractivity contribution is 0.306. The molecule has 0 amide bonds. The number of phenols is 1. The average molecular weight is 274 g/mol. The minimum Gasteiger partial charge on any atom is -0.508 e. The normalized spacial score (nSPS) is 10.8. The smallest absolute Gasteiger partial charge is 0.132 e. The van der Waals surface area contributed by atoms with E-state index in [1.807, 2.05) is 11.4 Å². The molecule has 4 heteroatoms. The Balaban J connectivity index is 1.86. The van der Waals surface area contributed by atoms with Crippen molar-refractivity contribution in [1.82, 2.24) is 0 Å². The molecule has 3 aromatic rings. The van der Waals surface area contributed by atoms with E-state index in [9.17, 15) is 9.50 Å². The van der Waals surface area contributed by atoms with Gasteiger partial charge in [0.1, 0.15) is 23.9 Å². The summed E-state index contributed by atoms with van der Waals surface area (Å²) in [4.78, 5) is 0. The molecule has 1 heterocycles. The molecule has 0 aliphatic carbocycles. The highest BCUT2D eigenvalue weighted by Crippen LogP contribution is 2.29. The Kier molecular flexibility index (Phi) is 3.09. The Morgan fingerprint density at radius 1 is 1.16 bits per heavy atom. The van der Waals surface area contributed by atoms with Crippen molar-refractivity contribution >= 4 is 21.4 Å². The van der Waals surface area contributed by atoms with Gasteiger partial charge in [0.2, 0.25) is 0 Å². The largest absolute Gasteiger partial charge is 0.508 e. The zero-order valence-corrected chi connectivity index (χ0v) is 10.8. The first kappa shape index (κ1) is 12.0. The van der Waals surface area contributed by atoms with Gasteiger partial charge in [-0.1, -0.05) is 12.1 Å². The molecular weight excluding hydrogens is 263 g/mol. The predicted octanol–water partition coefficient (Wildman–Crippen LogP) is 4.33. The first-order chi connectivity index (χ1) is 9.24. The third-order valence-corrected chi connectivity index (χ3v) is 3.83. The van der Waals surface area contributed by atoms with Gasteiger partial charge in [0, 0.05) is 21.7 Å². The molecule has 0 atom stereocenters. The molecule has 1 aromatic heterocycles. The Labute approximate surface area is 113 Å². The summed E-state index contributed by atoms with van der Waals surface area (Å²) in [6.45, 7) is 0.282. The van der Waals surface area contributed by atoms with Crippen molar-refractivity contribution in [3.63, 3.8) is 0 Å². The number of phenolic OH excluding ortho intramolecular Hbond substituents is 1. The van der Waals surface area contributed by atoms with Crippen molar-refractivity contribution in [2.24, 2.45) is 0 Å². The zero-order valence-electron chi connectivity index (χ0n) is 9.97. The topological polar surface area (TPSA) is 29.5 Å². The number of hydrogen-bond donors (Lipinski definition) is 1. The summed E-state index contributed by atoms with van der Waals surface area (Å²) in [5, 5.41) is 11.9. The number of rotatable bonds is 3. The Bertz CT molecular complexity index is 721. The van der Waals surface area contributed by atoms with Crippen LogP contribution in [0.1, 0.15) is 5.56 Å². The lowest BCUT2D eigenvalue weighted by Crippen LogP contribution is -1.94. The van der Waals surface area contributed by atoms with E-state index in [0.29, 0.717) is 11.1 Å². The highest BCUT2D eigenvalue weighted by atomic mass is 32.1. The molecule has 0 unspecified atom stereocenters. The van der Waals surface area contributed by atoms with E-state index < -0.39 is 0 Å². The monoisotopic (exact) mass is 274 g/mol. The fourth-order valence-electron chi connectivity index (χ4n) is 1.95. The van der Waals surface area contributed by atoms with Gasteiger partial charge in [-0.25, -0.2) is 4.39 Å². The van der Waals surface area contributed by atoms with Crippen LogP contribution in [0.3, 0.4) is 0 Å². The Morgan fingerprint density at radius 3 is 2.84 bits per heavy atom. The first-order valence-electron chi connectivity index (χ1n) is 5.80. The number of hydrogen-bond acceptors (Lipinski definition) is 3. The lowest BCUT2D eigenvalue weighted by atomic mass is 10.2. The predicted molar refractivity (Wildman–Crippen MR) is 74.2 cm³/mol. The second-order valence-electron chi connectivity index (χ2n) is 4.16. The van der Waals surface area contributed by atoms with Crippen LogP contribution >= 0.6 is 11.3 Å². The molecule has 0 radical (unpaired) electrons. The summed E-state index contributed by atoms with van der Waals surface area (Å²) in [6.07, 6.45) is 0. The molecule has 0 saturated heterocycles. The van der Waals surface area contributed by atoms with Gasteiger partial charge < -0.3 is 9.84 Å². The second-order valence-corrected chi connectivity index (χ2v) is 5.07. The maximum absolute atomic E-state index is 13.8. The second kappa shape index (κ2) is 4.90. The molecule has 2 aromatic carbocycles. The van der Waals surface area contributed by atoms with Gasteiger partial charge in [0.05, 0.1) is 0 Å². The molecule has 0 spiro atoms. The maximum Gasteiger partial charge on any atom is 0.132 e. The summed E-state index contributed by atoms with van der Waals surface area (Å²) in [5.74, 6) is 0.489. The molecule has 0 saturated carbocycles. The van der Waals surface area contributed by atoms with E-state index in [4.69, 9.17) is 4.74 Å². The Morgan fingerprint density at radius 2 is 2.00 bits per heavy atom. The minimum absolute atomic E-state index is 0.152. The number of fused-ring (bicyclic) bond motifs is 1. The van der Waals surface area contributed by atoms with Gasteiger partial charge in [-0.05, 0) is 29.6 Å². The first-order valence-corrected chi connectivity index (χ1v) is 6.68. The number of thiophene rings is 1. The Hall–Kier alpha value is -2.07. The van der Waals surface area contributed by atoms with Gasteiger partial charge in [-0.3, -0.25) is 0 Å². The fraction of sp³-hybridized carbons (Fsp3) is 0.0667. The number of halogens is 1. The van der Waals surface area contributed by atoms with Crippen LogP contribution in [-0.4, -0.2) is 5.11 Å². The quantitative estimate of drug-likeness (QED) is 0.770. The summed E-state index contributed by atoms with van der Waals surface area (Å²) in [7, 11) is 0. The van der Waals surface area contributed by atoms with Crippen LogP contribution in [0, 0.1) is 5.82 Å². The van der Waals surface area contributed by atoms with Gasteiger partial charge in [-0.2, -0.15) is 0 Å². The highest BCUT2D eigenvalue weighted by molar-refractivity contribution is 7.17. The summed E-state index contributed by atoms with van der Waals surface area (Å²) in [5.41, 5.74) is 0.821. The van der Waals surface area contributed by atoms with E-state index in [2.05, 4.69) is 0 Å². The fourth-order valence-corrected chi connectivity index (χ4v) is 2.91. The maximum atomic E-state index is 13.8. The van der Waals surface area contributed by atoms with E-state index in [-0.39, 0.29) is 18.2 Å². The third kappa shape index (κ3) is 2.39. The third-order valence-electron chi connectivity index (χ3n) is 2.84. The van der Waals surface area contributed by atoms with E-state index in [1.165, 1.54) is 23.5 Å². The molecule has 0 bridgehead atoms. The van der Waals surface area contributed by atoms with Gasteiger partial charge in [0.25, 0.3) is 0 Å². The highest BCUT2D eigenvalue weighted by Gasteiger charge is 2.09. The van der Waals surface area contributed by atoms with Crippen molar-refractivity contribution < 1.29 is 14.2 Å². The van der Waals surface area contributed by atoms with Crippen LogP contribution < -0.4 is 4.74 Å². The summed E-state index contributed by atoms with van der Waals surface area (Å²) < 4.78 is 20.3. The van der Waals surface area contributed by atoms with Crippen LogP contribution in [0.2, 0.25) is 0 Å². The van der Waals surface area contributed by atoms with Gasteiger partial charge in [-0.15, -0.1) is 11.3 Å². The van der Waals surface area contributed by atoms with E-state index in [1.54, 1.807) is 24.3 Å². The SMILES string of the molecule is Oc1cccc(OCc2csc3cccc(F)c23)c1. The number of ether oxygens (including phenoxy) is 1. The number of aromatic hydroxyl groups is 1. The molecule has 19 heavy (non-hydrogen) atoms. The lowest BCUT2D eigenvalue weighted by Gasteiger charge is -2.06. The van der Waals surface area contributed by atoms with Crippen LogP contribution in [-0.2, 0) is 6.61 Å². The number of benzene rings is 2.